The molecule has 1 N–H and O–H groups in total. The van der Waals surface area contributed by atoms with Gasteiger partial charge in [0.1, 0.15) is 6.10 Å². The zero-order chi connectivity index (χ0) is 19.9. The van der Waals surface area contributed by atoms with Crippen LogP contribution in [0.15, 0.2) is 23.5 Å². The molecule has 0 radical (unpaired) electrons. The number of aliphatic imine (C=N–C) groups is 1. The molecule has 2 atom stereocenters. The average molecular weight is 404 g/mol. The van der Waals surface area contributed by atoms with Gasteiger partial charge in [-0.3, -0.25) is 9.89 Å². The number of piperazine rings is 1. The predicted molar refractivity (Wildman–Crippen MR) is 112 cm³/mol. The molecule has 0 saturated carbocycles. The normalized spacial score (nSPS) is 26.7. The lowest BCUT2D eigenvalue weighted by Gasteiger charge is -2.37. The van der Waals surface area contributed by atoms with Crippen LogP contribution in [0.2, 0.25) is 0 Å². The van der Waals surface area contributed by atoms with Crippen LogP contribution in [0.25, 0.3) is 0 Å². The second-order valence-corrected chi connectivity index (χ2v) is 7.76. The van der Waals surface area contributed by atoms with Crippen molar-refractivity contribution in [3.63, 3.8) is 0 Å². The topological polar surface area (TPSA) is 78.4 Å². The minimum Gasteiger partial charge on any atom is -0.375 e. The average Bonchev–Trinajstić information content (AvgIpc) is 3.33. The van der Waals surface area contributed by atoms with Crippen molar-refractivity contribution in [1.82, 2.24) is 25.1 Å². The monoisotopic (exact) mass is 403 g/mol. The number of ether oxygens (including phenoxy) is 2. The standard InChI is InChI=1S/C20H33N7O2/c1-21-19(27-13-15-29-18(16-27)17-4-2-14-28-17)24-7-8-25-9-11-26(12-10-25)20-22-5-3-6-23-20/h3,5-6,17-18H,2,4,7-16H2,1H3,(H,21,24). The molecular formula is C20H33N7O2. The lowest BCUT2D eigenvalue weighted by Crippen LogP contribution is -2.54. The molecule has 29 heavy (non-hydrogen) atoms. The van der Waals surface area contributed by atoms with Crippen molar-refractivity contribution in [2.75, 3.05) is 77.5 Å². The summed E-state index contributed by atoms with van der Waals surface area (Å²) < 4.78 is 11.8. The van der Waals surface area contributed by atoms with Crippen LogP contribution < -0.4 is 10.2 Å². The molecule has 3 aliphatic heterocycles. The van der Waals surface area contributed by atoms with Crippen LogP contribution in [-0.4, -0.2) is 111 Å². The Bertz CT molecular complexity index is 645. The minimum atomic E-state index is 0.151. The number of morpholine rings is 1. The molecule has 0 aliphatic carbocycles. The first-order valence-electron chi connectivity index (χ1n) is 10.8. The Hall–Kier alpha value is -1.97. The van der Waals surface area contributed by atoms with Gasteiger partial charge in [-0.05, 0) is 18.9 Å². The van der Waals surface area contributed by atoms with E-state index < -0.39 is 0 Å². The first-order chi connectivity index (χ1) is 14.3. The van der Waals surface area contributed by atoms with Gasteiger partial charge in [-0.1, -0.05) is 0 Å². The number of anilines is 1. The molecule has 3 saturated heterocycles. The van der Waals surface area contributed by atoms with Crippen molar-refractivity contribution >= 4 is 11.9 Å². The van der Waals surface area contributed by atoms with Crippen LogP contribution in [0.1, 0.15) is 12.8 Å². The SMILES string of the molecule is CN=C(NCCN1CCN(c2ncccn2)CC1)N1CCOC(C2CCCO2)C1. The molecule has 9 nitrogen and oxygen atoms in total. The number of aromatic nitrogens is 2. The Labute approximate surface area is 173 Å². The summed E-state index contributed by atoms with van der Waals surface area (Å²) in [6, 6.07) is 1.86. The highest BCUT2D eigenvalue weighted by atomic mass is 16.5. The molecule has 1 aromatic heterocycles. The van der Waals surface area contributed by atoms with Gasteiger partial charge in [-0.2, -0.15) is 0 Å². The molecule has 1 aromatic rings. The Morgan fingerprint density at radius 3 is 2.62 bits per heavy atom. The Balaban J connectivity index is 1.18. The fraction of sp³-hybridized carbons (Fsp3) is 0.750. The third kappa shape index (κ3) is 5.34. The van der Waals surface area contributed by atoms with Gasteiger partial charge in [0.25, 0.3) is 0 Å². The van der Waals surface area contributed by atoms with Crippen molar-refractivity contribution in [2.24, 2.45) is 4.99 Å². The molecular weight excluding hydrogens is 370 g/mol. The van der Waals surface area contributed by atoms with Crippen molar-refractivity contribution in [3.05, 3.63) is 18.5 Å². The summed E-state index contributed by atoms with van der Waals surface area (Å²) in [5, 5.41) is 3.54. The van der Waals surface area contributed by atoms with Crippen LogP contribution >= 0.6 is 0 Å². The van der Waals surface area contributed by atoms with Gasteiger partial charge in [0.2, 0.25) is 5.95 Å². The number of rotatable bonds is 5. The van der Waals surface area contributed by atoms with Crippen LogP contribution in [0.3, 0.4) is 0 Å². The van der Waals surface area contributed by atoms with Gasteiger partial charge in [-0.25, -0.2) is 9.97 Å². The molecule has 2 unspecified atom stereocenters. The maximum absolute atomic E-state index is 5.96. The molecule has 0 amide bonds. The first-order valence-corrected chi connectivity index (χ1v) is 10.8. The Kier molecular flexibility index (Phi) is 7.13. The van der Waals surface area contributed by atoms with Gasteiger partial charge >= 0.3 is 0 Å². The van der Waals surface area contributed by atoms with E-state index in [0.717, 1.165) is 90.3 Å². The van der Waals surface area contributed by atoms with Crippen molar-refractivity contribution in [2.45, 2.75) is 25.0 Å². The summed E-state index contributed by atoms with van der Waals surface area (Å²) in [5.41, 5.74) is 0. The quantitative estimate of drug-likeness (QED) is 0.546. The number of nitrogens with one attached hydrogen (secondary N) is 1. The summed E-state index contributed by atoms with van der Waals surface area (Å²) in [5.74, 6) is 1.80. The summed E-state index contributed by atoms with van der Waals surface area (Å²) in [6.07, 6.45) is 6.24. The van der Waals surface area contributed by atoms with E-state index in [2.05, 4.69) is 35.0 Å². The van der Waals surface area contributed by atoms with Crippen LogP contribution in [0.5, 0.6) is 0 Å². The Morgan fingerprint density at radius 1 is 1.10 bits per heavy atom. The van der Waals surface area contributed by atoms with E-state index in [1.807, 2.05) is 13.1 Å². The van der Waals surface area contributed by atoms with E-state index in [-0.39, 0.29) is 12.2 Å². The zero-order valence-corrected chi connectivity index (χ0v) is 17.4. The zero-order valence-electron chi connectivity index (χ0n) is 17.4. The van der Waals surface area contributed by atoms with Gasteiger partial charge < -0.3 is 24.6 Å². The van der Waals surface area contributed by atoms with E-state index in [4.69, 9.17) is 9.47 Å². The fourth-order valence-electron chi connectivity index (χ4n) is 4.27. The third-order valence-electron chi connectivity index (χ3n) is 5.90. The summed E-state index contributed by atoms with van der Waals surface area (Å²) in [6.45, 7) is 9.18. The van der Waals surface area contributed by atoms with Crippen molar-refractivity contribution < 1.29 is 9.47 Å². The van der Waals surface area contributed by atoms with Gasteiger partial charge in [0, 0.05) is 78.4 Å². The highest BCUT2D eigenvalue weighted by Gasteiger charge is 2.32. The van der Waals surface area contributed by atoms with Crippen LogP contribution in [0.4, 0.5) is 5.95 Å². The van der Waals surface area contributed by atoms with Gasteiger partial charge in [-0.15, -0.1) is 0 Å². The number of hydrogen-bond acceptors (Lipinski definition) is 7. The molecule has 0 spiro atoms. The first kappa shape index (κ1) is 20.3. The second-order valence-electron chi connectivity index (χ2n) is 7.76. The van der Waals surface area contributed by atoms with E-state index >= 15 is 0 Å². The number of guanidine groups is 1. The van der Waals surface area contributed by atoms with Gasteiger partial charge in [0.05, 0.1) is 12.7 Å². The highest BCUT2D eigenvalue weighted by Crippen LogP contribution is 2.21. The maximum Gasteiger partial charge on any atom is 0.225 e. The van der Waals surface area contributed by atoms with E-state index in [9.17, 15) is 0 Å². The molecule has 160 valence electrons. The lowest BCUT2D eigenvalue weighted by molar-refractivity contribution is -0.0817. The smallest absolute Gasteiger partial charge is 0.225 e. The molecule has 0 bridgehead atoms. The molecule has 9 heteroatoms. The van der Waals surface area contributed by atoms with Gasteiger partial charge in [0.15, 0.2) is 5.96 Å². The molecule has 4 rings (SSSR count). The van der Waals surface area contributed by atoms with E-state index in [1.165, 1.54) is 0 Å². The fourth-order valence-corrected chi connectivity index (χ4v) is 4.27. The molecule has 4 heterocycles. The van der Waals surface area contributed by atoms with Crippen LogP contribution in [-0.2, 0) is 9.47 Å². The summed E-state index contributed by atoms with van der Waals surface area (Å²) in [7, 11) is 1.86. The van der Waals surface area contributed by atoms with Crippen molar-refractivity contribution in [1.29, 1.82) is 0 Å². The lowest BCUT2D eigenvalue weighted by atomic mass is 10.1. The Morgan fingerprint density at radius 2 is 1.90 bits per heavy atom. The summed E-state index contributed by atoms with van der Waals surface area (Å²) >= 11 is 0. The van der Waals surface area contributed by atoms with Crippen molar-refractivity contribution in [3.8, 4) is 0 Å². The van der Waals surface area contributed by atoms with Crippen LogP contribution in [0, 0.1) is 0 Å². The van der Waals surface area contributed by atoms with E-state index in [0.29, 0.717) is 0 Å². The number of hydrogen-bond donors (Lipinski definition) is 1. The summed E-state index contributed by atoms with van der Waals surface area (Å²) in [4.78, 5) is 20.2. The minimum absolute atomic E-state index is 0.151. The predicted octanol–water partition coefficient (Wildman–Crippen LogP) is 0.0538. The number of nitrogens with zero attached hydrogens (tertiary/aromatic N) is 6. The highest BCUT2D eigenvalue weighted by molar-refractivity contribution is 5.80. The second kappa shape index (κ2) is 10.2. The van der Waals surface area contributed by atoms with E-state index in [1.54, 1.807) is 12.4 Å². The molecule has 3 aliphatic rings. The maximum atomic E-state index is 5.96. The molecule has 3 fully saturated rings. The largest absolute Gasteiger partial charge is 0.375 e. The molecule has 0 aromatic carbocycles. The third-order valence-corrected chi connectivity index (χ3v) is 5.90.